The van der Waals surface area contributed by atoms with Crippen LogP contribution in [0.15, 0.2) is 16.4 Å². The van der Waals surface area contributed by atoms with Crippen molar-refractivity contribution in [1.82, 2.24) is 9.97 Å². The van der Waals surface area contributed by atoms with Gasteiger partial charge >= 0.3 is 0 Å². The van der Waals surface area contributed by atoms with Gasteiger partial charge in [-0.05, 0) is 5.18 Å². The molecule has 0 aliphatic carbocycles. The lowest BCUT2D eigenvalue weighted by Crippen LogP contribution is -1.87. The van der Waals surface area contributed by atoms with Gasteiger partial charge in [-0.2, -0.15) is 5.26 Å². The maximum Gasteiger partial charge on any atom is 0.191 e. The zero-order chi connectivity index (χ0) is 8.97. The fourth-order valence-corrected chi connectivity index (χ4v) is 1.48. The van der Waals surface area contributed by atoms with E-state index in [1.165, 1.54) is 6.20 Å². The highest BCUT2D eigenvalue weighted by Gasteiger charge is 2.06. The van der Waals surface area contributed by atoms with E-state index in [1.807, 2.05) is 28.0 Å². The lowest BCUT2D eigenvalue weighted by atomic mass is 10.6. The van der Waals surface area contributed by atoms with Crippen LogP contribution in [-0.4, -0.2) is 9.97 Å². The minimum Gasteiger partial charge on any atom is -0.229 e. The van der Waals surface area contributed by atoms with Gasteiger partial charge in [0.05, 0.1) is 6.20 Å². The molecule has 0 radical (unpaired) electrons. The molecule has 0 aliphatic rings. The fraction of sp³-hybridized carbons (Fsp3) is 0. The molecule has 0 amide bonds. The molecule has 1 aromatic rings. The number of halogens is 1. The maximum absolute atomic E-state index is 10.2. The molecule has 0 spiro atoms. The minimum absolute atomic E-state index is 0.0990. The van der Waals surface area contributed by atoms with Crippen molar-refractivity contribution in [3.05, 3.63) is 14.9 Å². The number of hydrogen-bond donors (Lipinski definition) is 0. The molecule has 0 unspecified atom stereocenters. The Morgan fingerprint density at radius 2 is 2.50 bits per heavy atom. The fourth-order valence-electron chi connectivity index (χ4n) is 0.521. The van der Waals surface area contributed by atoms with Crippen molar-refractivity contribution >= 4 is 40.0 Å². The van der Waals surface area contributed by atoms with Gasteiger partial charge in [-0.25, -0.2) is 9.97 Å². The van der Waals surface area contributed by atoms with Crippen LogP contribution in [0.2, 0.25) is 0 Å². The topological polar surface area (TPSA) is 79.0 Å². The van der Waals surface area contributed by atoms with E-state index in [4.69, 9.17) is 5.26 Å². The predicted octanol–water partition coefficient (Wildman–Crippen LogP) is 2.05. The molecule has 0 aliphatic heterocycles. The second-order valence-corrected chi connectivity index (χ2v) is 3.35. The molecule has 60 valence electrons. The molecule has 0 saturated carbocycles. The normalized spacial score (nSPS) is 9.00. The van der Waals surface area contributed by atoms with Crippen LogP contribution in [-0.2, 0) is 0 Å². The van der Waals surface area contributed by atoms with E-state index in [2.05, 4.69) is 15.1 Å². The summed E-state index contributed by atoms with van der Waals surface area (Å²) in [6, 6.07) is 0. The summed E-state index contributed by atoms with van der Waals surface area (Å²) in [5.74, 6) is 0. The first-order valence-corrected chi connectivity index (χ1v) is 4.59. The number of nitriles is 1. The zero-order valence-electron chi connectivity index (χ0n) is 5.56. The quantitative estimate of drug-likeness (QED) is 0.208. The largest absolute Gasteiger partial charge is 0.229 e. The van der Waals surface area contributed by atoms with Crippen LogP contribution in [0.25, 0.3) is 0 Å². The standard InChI is InChI=1S/C5HIN4OS/c6-5-8-1-3(10-11)4(9-5)12-2-7/h1H. The third-order valence-electron chi connectivity index (χ3n) is 0.947. The molecule has 0 N–H and O–H groups in total. The summed E-state index contributed by atoms with van der Waals surface area (Å²) < 4.78 is 0.484. The summed E-state index contributed by atoms with van der Waals surface area (Å²) in [6.45, 7) is 0. The molecule has 0 saturated heterocycles. The Labute approximate surface area is 85.7 Å². The zero-order valence-corrected chi connectivity index (χ0v) is 8.53. The number of rotatable bonds is 2. The summed E-state index contributed by atoms with van der Waals surface area (Å²) in [7, 11) is 0. The van der Waals surface area contributed by atoms with E-state index in [1.54, 1.807) is 0 Å². The van der Waals surface area contributed by atoms with Crippen molar-refractivity contribution in [1.29, 1.82) is 5.26 Å². The van der Waals surface area contributed by atoms with Crippen molar-refractivity contribution in [3.8, 4) is 5.40 Å². The van der Waals surface area contributed by atoms with Crippen LogP contribution in [0, 0.1) is 19.4 Å². The van der Waals surface area contributed by atoms with E-state index < -0.39 is 0 Å². The molecule has 1 heterocycles. The molecule has 12 heavy (non-hydrogen) atoms. The average molecular weight is 292 g/mol. The van der Waals surface area contributed by atoms with Crippen LogP contribution in [0.3, 0.4) is 0 Å². The minimum atomic E-state index is 0.0990. The maximum atomic E-state index is 10.2. The van der Waals surface area contributed by atoms with E-state index in [9.17, 15) is 4.91 Å². The van der Waals surface area contributed by atoms with Gasteiger partial charge in [0.2, 0.25) is 0 Å². The van der Waals surface area contributed by atoms with E-state index >= 15 is 0 Å². The SMILES string of the molecule is N#CSc1nc(I)ncc1N=O. The Hall–Kier alpha value is -0.750. The lowest BCUT2D eigenvalue weighted by Gasteiger charge is -1.94. The first-order valence-electron chi connectivity index (χ1n) is 2.69. The van der Waals surface area contributed by atoms with Crippen molar-refractivity contribution in [2.45, 2.75) is 5.03 Å². The first kappa shape index (κ1) is 9.34. The smallest absolute Gasteiger partial charge is 0.191 e. The van der Waals surface area contributed by atoms with Gasteiger partial charge in [0.1, 0.15) is 10.4 Å². The molecule has 7 heteroatoms. The van der Waals surface area contributed by atoms with Crippen LogP contribution in [0.1, 0.15) is 0 Å². The monoisotopic (exact) mass is 292 g/mol. The first-order chi connectivity index (χ1) is 5.77. The number of nitroso groups, excluding NO2 is 1. The van der Waals surface area contributed by atoms with Gasteiger partial charge in [0.25, 0.3) is 0 Å². The van der Waals surface area contributed by atoms with Crippen LogP contribution < -0.4 is 0 Å². The average Bonchev–Trinajstić information content (AvgIpc) is 2.05. The van der Waals surface area contributed by atoms with Crippen molar-refractivity contribution < 1.29 is 0 Å². The number of hydrogen-bond acceptors (Lipinski definition) is 6. The van der Waals surface area contributed by atoms with Gasteiger partial charge in [-0.3, -0.25) is 0 Å². The molecule has 0 aromatic carbocycles. The molecular formula is C5HIN4OS. The Morgan fingerprint density at radius 1 is 1.75 bits per heavy atom. The third-order valence-corrected chi connectivity index (χ3v) is 2.05. The second-order valence-electron chi connectivity index (χ2n) is 1.61. The van der Waals surface area contributed by atoms with E-state index in [0.29, 0.717) is 8.86 Å². The molecular weight excluding hydrogens is 291 g/mol. The number of thioether (sulfide) groups is 1. The summed E-state index contributed by atoms with van der Waals surface area (Å²) in [5.41, 5.74) is 0.0990. The Balaban J connectivity index is 3.14. The highest BCUT2D eigenvalue weighted by molar-refractivity contribution is 14.1. The van der Waals surface area contributed by atoms with Gasteiger partial charge in [0, 0.05) is 34.4 Å². The molecule has 0 atom stereocenters. The van der Waals surface area contributed by atoms with Gasteiger partial charge in [-0.15, -0.1) is 4.91 Å². The van der Waals surface area contributed by atoms with E-state index in [0.717, 1.165) is 11.8 Å². The molecule has 1 aromatic heterocycles. The van der Waals surface area contributed by atoms with Crippen molar-refractivity contribution in [3.63, 3.8) is 0 Å². The van der Waals surface area contributed by atoms with Gasteiger partial charge in [0.15, 0.2) is 9.52 Å². The number of aromatic nitrogens is 2. The van der Waals surface area contributed by atoms with Crippen LogP contribution >= 0.6 is 34.4 Å². The molecule has 0 bridgehead atoms. The second kappa shape index (κ2) is 4.32. The summed E-state index contributed by atoms with van der Waals surface area (Å²) in [4.78, 5) is 17.8. The van der Waals surface area contributed by atoms with Crippen LogP contribution in [0.5, 0.6) is 0 Å². The highest BCUT2D eigenvalue weighted by atomic mass is 127. The molecule has 5 nitrogen and oxygen atoms in total. The highest BCUT2D eigenvalue weighted by Crippen LogP contribution is 2.25. The summed E-state index contributed by atoms with van der Waals surface area (Å²) in [5, 5.41) is 13.1. The van der Waals surface area contributed by atoms with Crippen LogP contribution in [0.4, 0.5) is 5.69 Å². The molecule has 1 rings (SSSR count). The Bertz CT molecular complexity index is 350. The number of thiocyanates is 1. The lowest BCUT2D eigenvalue weighted by molar-refractivity contribution is 0.998. The summed E-state index contributed by atoms with van der Waals surface area (Å²) in [6.07, 6.45) is 1.29. The summed E-state index contributed by atoms with van der Waals surface area (Å²) >= 11 is 2.69. The third kappa shape index (κ3) is 2.12. The number of nitrogens with zero attached hydrogens (tertiary/aromatic N) is 4. The van der Waals surface area contributed by atoms with Gasteiger partial charge < -0.3 is 0 Å². The Kier molecular flexibility index (Phi) is 3.36. The Morgan fingerprint density at radius 3 is 3.08 bits per heavy atom. The molecule has 0 fully saturated rings. The predicted molar refractivity (Wildman–Crippen MR) is 51.7 cm³/mol. The van der Waals surface area contributed by atoms with Crippen molar-refractivity contribution in [2.24, 2.45) is 5.18 Å². The van der Waals surface area contributed by atoms with Crippen molar-refractivity contribution in [2.75, 3.05) is 0 Å². The van der Waals surface area contributed by atoms with Gasteiger partial charge in [-0.1, -0.05) is 0 Å². The van der Waals surface area contributed by atoms with E-state index in [-0.39, 0.29) is 5.69 Å².